The number of carbonyl (C=O) groups is 1. The van der Waals surface area contributed by atoms with Gasteiger partial charge in [0.05, 0.1) is 5.57 Å². The molecule has 0 unspecified atom stereocenters. The Morgan fingerprint density at radius 2 is 1.85 bits per heavy atom. The molecule has 3 N–H and O–H groups in total. The third-order valence-corrected chi connectivity index (χ3v) is 1.67. The van der Waals surface area contributed by atoms with Crippen LogP contribution in [-0.2, 0) is 4.79 Å². The summed E-state index contributed by atoms with van der Waals surface area (Å²) in [5.41, 5.74) is 5.91. The van der Waals surface area contributed by atoms with Gasteiger partial charge in [-0.15, -0.1) is 0 Å². The van der Waals surface area contributed by atoms with E-state index >= 15 is 0 Å². The van der Waals surface area contributed by atoms with Gasteiger partial charge in [0.25, 0.3) is 5.91 Å². The summed E-state index contributed by atoms with van der Waals surface area (Å²) in [4.78, 5) is 10.9. The number of primary amides is 1. The normalized spacial score (nSPS) is 12.1. The molecule has 68 valence electrons. The first-order valence-electron chi connectivity index (χ1n) is 3.88. The lowest BCUT2D eigenvalue weighted by atomic mass is 10.0. The van der Waals surface area contributed by atoms with E-state index in [9.17, 15) is 9.90 Å². The van der Waals surface area contributed by atoms with Gasteiger partial charge in [-0.3, -0.25) is 4.79 Å². The van der Waals surface area contributed by atoms with Gasteiger partial charge in [-0.2, -0.15) is 0 Å². The van der Waals surface area contributed by atoms with Crippen LogP contribution >= 0.6 is 0 Å². The summed E-state index contributed by atoms with van der Waals surface area (Å²) in [6.07, 6.45) is 0. The van der Waals surface area contributed by atoms with E-state index in [2.05, 4.69) is 0 Å². The van der Waals surface area contributed by atoms with Crippen molar-refractivity contribution in [2.75, 3.05) is 0 Å². The summed E-state index contributed by atoms with van der Waals surface area (Å²) >= 11 is 0. The molecule has 0 radical (unpaired) electrons. The second-order valence-corrected chi connectivity index (χ2v) is 2.69. The van der Waals surface area contributed by atoms with Crippen LogP contribution < -0.4 is 5.73 Å². The molecule has 0 aliphatic carbocycles. The minimum atomic E-state index is -0.619. The molecule has 0 saturated carbocycles. The molecule has 0 spiro atoms. The Kier molecular flexibility index (Phi) is 2.69. The van der Waals surface area contributed by atoms with Crippen molar-refractivity contribution in [1.82, 2.24) is 0 Å². The zero-order chi connectivity index (χ0) is 9.84. The van der Waals surface area contributed by atoms with Crippen LogP contribution in [0.15, 0.2) is 36.1 Å². The maximum absolute atomic E-state index is 10.9. The number of hydrogen-bond donors (Lipinski definition) is 2. The van der Waals surface area contributed by atoms with Gasteiger partial charge in [-0.05, 0) is 12.5 Å². The number of allylic oxidation sites excluding steroid dienone is 1. The molecule has 0 aliphatic heterocycles. The molecule has 0 heterocycles. The van der Waals surface area contributed by atoms with E-state index in [1.54, 1.807) is 24.3 Å². The van der Waals surface area contributed by atoms with Crippen molar-refractivity contribution in [3.8, 4) is 0 Å². The molecule has 1 aromatic carbocycles. The second-order valence-electron chi connectivity index (χ2n) is 2.69. The van der Waals surface area contributed by atoms with Gasteiger partial charge in [0, 0.05) is 0 Å². The molecule has 1 rings (SSSR count). The number of amides is 1. The van der Waals surface area contributed by atoms with Gasteiger partial charge >= 0.3 is 0 Å². The van der Waals surface area contributed by atoms with Gasteiger partial charge in [-0.25, -0.2) is 0 Å². The summed E-state index contributed by atoms with van der Waals surface area (Å²) in [6.45, 7) is 1.44. The zero-order valence-electron chi connectivity index (χ0n) is 7.32. The van der Waals surface area contributed by atoms with Crippen molar-refractivity contribution < 1.29 is 9.90 Å². The lowest BCUT2D eigenvalue weighted by molar-refractivity contribution is -0.112. The van der Waals surface area contributed by atoms with Gasteiger partial charge in [0.2, 0.25) is 0 Å². The fourth-order valence-electron chi connectivity index (χ4n) is 1.13. The number of hydrogen-bond acceptors (Lipinski definition) is 2. The molecule has 3 nitrogen and oxygen atoms in total. The molecular weight excluding hydrogens is 166 g/mol. The minimum Gasteiger partial charge on any atom is -0.512 e. The summed E-state index contributed by atoms with van der Waals surface area (Å²) < 4.78 is 0. The maximum atomic E-state index is 10.9. The first-order chi connectivity index (χ1) is 6.13. The fourth-order valence-corrected chi connectivity index (χ4v) is 1.13. The monoisotopic (exact) mass is 177 g/mol. The van der Waals surface area contributed by atoms with Crippen molar-refractivity contribution in [3.63, 3.8) is 0 Å². The molecule has 0 bridgehead atoms. The van der Waals surface area contributed by atoms with Crippen LogP contribution in [0.25, 0.3) is 5.57 Å². The Morgan fingerprint density at radius 1 is 1.31 bits per heavy atom. The summed E-state index contributed by atoms with van der Waals surface area (Å²) in [6, 6.07) is 8.83. The van der Waals surface area contributed by atoms with Gasteiger partial charge in [0.1, 0.15) is 5.76 Å². The van der Waals surface area contributed by atoms with E-state index in [4.69, 9.17) is 5.73 Å². The smallest absolute Gasteiger partial charge is 0.252 e. The number of nitrogens with two attached hydrogens (primary N) is 1. The summed E-state index contributed by atoms with van der Waals surface area (Å²) in [7, 11) is 0. The highest BCUT2D eigenvalue weighted by Crippen LogP contribution is 2.16. The average Bonchev–Trinajstić information content (AvgIpc) is 2.04. The molecule has 0 atom stereocenters. The highest BCUT2D eigenvalue weighted by Gasteiger charge is 2.10. The lowest BCUT2D eigenvalue weighted by Crippen LogP contribution is -2.14. The molecule has 3 heteroatoms. The number of rotatable bonds is 2. The van der Waals surface area contributed by atoms with E-state index in [-0.39, 0.29) is 11.3 Å². The number of aliphatic hydroxyl groups excluding tert-OH is 1. The second kappa shape index (κ2) is 3.76. The number of aliphatic hydroxyl groups is 1. The van der Waals surface area contributed by atoms with Crippen molar-refractivity contribution in [1.29, 1.82) is 0 Å². The topological polar surface area (TPSA) is 63.3 Å². The molecule has 0 aromatic heterocycles. The van der Waals surface area contributed by atoms with Crippen molar-refractivity contribution in [3.05, 3.63) is 41.7 Å². The number of carbonyl (C=O) groups excluding carboxylic acids is 1. The molecule has 0 saturated heterocycles. The first-order valence-corrected chi connectivity index (χ1v) is 3.88. The fraction of sp³-hybridized carbons (Fsp3) is 0.100. The number of benzene rings is 1. The first kappa shape index (κ1) is 9.32. The van der Waals surface area contributed by atoms with Crippen LogP contribution in [0, 0.1) is 0 Å². The predicted molar refractivity (Wildman–Crippen MR) is 50.9 cm³/mol. The van der Waals surface area contributed by atoms with Crippen LogP contribution in [0.2, 0.25) is 0 Å². The highest BCUT2D eigenvalue weighted by atomic mass is 16.3. The van der Waals surface area contributed by atoms with E-state index in [0.29, 0.717) is 5.56 Å². The van der Waals surface area contributed by atoms with Gasteiger partial charge < -0.3 is 10.8 Å². The van der Waals surface area contributed by atoms with Crippen LogP contribution in [0.1, 0.15) is 12.5 Å². The Hall–Kier alpha value is -1.77. The highest BCUT2D eigenvalue weighted by molar-refractivity contribution is 6.19. The van der Waals surface area contributed by atoms with Crippen molar-refractivity contribution in [2.24, 2.45) is 5.73 Å². The third kappa shape index (κ3) is 2.08. The van der Waals surface area contributed by atoms with Crippen LogP contribution in [0.5, 0.6) is 0 Å². The Morgan fingerprint density at radius 3 is 2.23 bits per heavy atom. The Labute approximate surface area is 76.5 Å². The largest absolute Gasteiger partial charge is 0.512 e. The summed E-state index contributed by atoms with van der Waals surface area (Å²) in [5.74, 6) is -0.676. The summed E-state index contributed by atoms with van der Waals surface area (Å²) in [5, 5.41) is 9.21. The Bertz CT molecular complexity index is 337. The average molecular weight is 177 g/mol. The molecule has 13 heavy (non-hydrogen) atoms. The molecule has 1 aromatic rings. The SMILES string of the molecule is C/C(O)=C(/C(N)=O)c1ccccc1. The lowest BCUT2D eigenvalue weighted by Gasteiger charge is -2.03. The third-order valence-electron chi connectivity index (χ3n) is 1.67. The minimum absolute atomic E-state index is 0.0568. The molecule has 0 aliphatic rings. The van der Waals surface area contributed by atoms with Crippen molar-refractivity contribution in [2.45, 2.75) is 6.92 Å². The quantitative estimate of drug-likeness (QED) is 0.530. The van der Waals surface area contributed by atoms with Gasteiger partial charge in [0.15, 0.2) is 0 Å². The zero-order valence-corrected chi connectivity index (χ0v) is 7.32. The van der Waals surface area contributed by atoms with Crippen LogP contribution in [0.3, 0.4) is 0 Å². The molecule has 0 fully saturated rings. The van der Waals surface area contributed by atoms with E-state index in [1.165, 1.54) is 6.92 Å². The molecular formula is C10H11NO2. The Balaban J connectivity index is 3.20. The molecule has 1 amide bonds. The van der Waals surface area contributed by atoms with Crippen LogP contribution in [0.4, 0.5) is 0 Å². The van der Waals surface area contributed by atoms with Crippen molar-refractivity contribution >= 4 is 11.5 Å². The van der Waals surface area contributed by atoms with E-state index in [1.807, 2.05) is 6.07 Å². The van der Waals surface area contributed by atoms with E-state index < -0.39 is 5.91 Å². The van der Waals surface area contributed by atoms with Crippen LogP contribution in [-0.4, -0.2) is 11.0 Å². The van der Waals surface area contributed by atoms with Gasteiger partial charge in [-0.1, -0.05) is 30.3 Å². The standard InChI is InChI=1S/C10H11NO2/c1-7(12)9(10(11)13)8-5-3-2-4-6-8/h2-6,12H,1H3,(H2,11,13)/b9-7-. The maximum Gasteiger partial charge on any atom is 0.252 e. The van der Waals surface area contributed by atoms with E-state index in [0.717, 1.165) is 0 Å². The predicted octanol–water partition coefficient (Wildman–Crippen LogP) is 1.46.